The third-order valence-corrected chi connectivity index (χ3v) is 9.76. The van der Waals surface area contributed by atoms with Crippen molar-refractivity contribution in [3.63, 3.8) is 0 Å². The number of allylic oxidation sites excluding steroid dienone is 1. The number of ketones is 2. The van der Waals surface area contributed by atoms with Gasteiger partial charge in [-0.15, -0.1) is 11.3 Å². The van der Waals surface area contributed by atoms with E-state index < -0.39 is 0 Å². The first-order chi connectivity index (χ1) is 20.9. The third kappa shape index (κ3) is 3.93. The maximum absolute atomic E-state index is 13.0. The quantitative estimate of drug-likeness (QED) is 0.155. The highest BCUT2D eigenvalue weighted by Crippen LogP contribution is 2.54. The van der Waals surface area contributed by atoms with Crippen molar-refractivity contribution in [2.75, 3.05) is 4.90 Å². The number of fused-ring (bicyclic) bond motifs is 5. The molecule has 0 unspecified atom stereocenters. The molecule has 2 aliphatic carbocycles. The van der Waals surface area contributed by atoms with Crippen molar-refractivity contribution in [3.8, 4) is 10.4 Å². The van der Waals surface area contributed by atoms with Gasteiger partial charge in [0.2, 0.25) is 0 Å². The number of para-hydroxylation sites is 2. The third-order valence-electron chi connectivity index (χ3n) is 8.64. The standard InChI is InChI=1S/C38H26N2O2S/c1-38(2)32-19-25(40(24-11-4-3-5-12-24)26-18-23-10-6-9-15-34(23)39-22-26)16-17-30(32)37-33(38)21-27(43-37)20-31-35(41)28-13-7-8-14-29(28)36(31)42/h3-22H,1-2H3. The van der Waals surface area contributed by atoms with Gasteiger partial charge in [-0.25, -0.2) is 0 Å². The molecule has 0 saturated heterocycles. The zero-order chi connectivity index (χ0) is 29.3. The average Bonchev–Trinajstić information content (AvgIpc) is 3.63. The minimum atomic E-state index is -0.259. The van der Waals surface area contributed by atoms with Crippen molar-refractivity contribution in [1.82, 2.24) is 4.98 Å². The second-order valence-electron chi connectivity index (χ2n) is 11.6. The summed E-state index contributed by atoms with van der Waals surface area (Å²) in [7, 11) is 0. The molecule has 4 nitrogen and oxygen atoms in total. The summed E-state index contributed by atoms with van der Waals surface area (Å²) >= 11 is 1.64. The van der Waals surface area contributed by atoms with E-state index in [1.54, 1.807) is 41.7 Å². The van der Waals surface area contributed by atoms with Crippen LogP contribution in [-0.2, 0) is 5.41 Å². The fourth-order valence-corrected chi connectivity index (χ4v) is 7.73. The van der Waals surface area contributed by atoms with Crippen molar-refractivity contribution in [2.45, 2.75) is 19.3 Å². The molecule has 0 atom stereocenters. The zero-order valence-electron chi connectivity index (χ0n) is 23.7. The Balaban J connectivity index is 1.21. The Labute approximate surface area is 253 Å². The molecule has 0 aliphatic heterocycles. The number of carbonyl (C=O) groups excluding carboxylic acids is 2. The number of aromatic nitrogens is 1. The Kier molecular flexibility index (Phi) is 5.62. The molecule has 0 saturated carbocycles. The van der Waals surface area contributed by atoms with Gasteiger partial charge < -0.3 is 4.90 Å². The zero-order valence-corrected chi connectivity index (χ0v) is 24.5. The summed E-state index contributed by atoms with van der Waals surface area (Å²) in [6.07, 6.45) is 3.72. The maximum Gasteiger partial charge on any atom is 0.197 e. The van der Waals surface area contributed by atoms with Gasteiger partial charge >= 0.3 is 0 Å². The van der Waals surface area contributed by atoms with Gasteiger partial charge in [0.25, 0.3) is 0 Å². The number of nitrogens with zero attached hydrogens (tertiary/aromatic N) is 2. The van der Waals surface area contributed by atoms with Crippen LogP contribution in [0.5, 0.6) is 0 Å². The van der Waals surface area contributed by atoms with E-state index in [4.69, 9.17) is 4.98 Å². The number of Topliss-reactive ketones (excluding diaryl/α,β-unsaturated/α-hetero) is 2. The molecule has 5 heteroatoms. The van der Waals surface area contributed by atoms with Crippen LogP contribution in [0.25, 0.3) is 27.4 Å². The van der Waals surface area contributed by atoms with Gasteiger partial charge in [0.15, 0.2) is 11.6 Å². The van der Waals surface area contributed by atoms with Crippen LogP contribution in [0.15, 0.2) is 121 Å². The topological polar surface area (TPSA) is 50.3 Å². The summed E-state index contributed by atoms with van der Waals surface area (Å²) < 4.78 is 0. The molecular formula is C38H26N2O2S. The Bertz CT molecular complexity index is 2120. The number of carbonyl (C=O) groups is 2. The van der Waals surface area contributed by atoms with Crippen LogP contribution < -0.4 is 4.90 Å². The summed E-state index contributed by atoms with van der Waals surface area (Å²) in [5, 5.41) is 1.09. The van der Waals surface area contributed by atoms with Gasteiger partial charge in [0.1, 0.15) is 0 Å². The molecule has 0 spiro atoms. The number of thiophene rings is 1. The van der Waals surface area contributed by atoms with E-state index in [1.165, 1.54) is 21.6 Å². The lowest BCUT2D eigenvalue weighted by molar-refractivity contribution is 0.0990. The SMILES string of the molecule is CC1(C)c2cc(N(c3ccccc3)c3cnc4ccccc4c3)ccc2-c2sc(C=C3C(=O)c4ccccc4C3=O)cc21. The van der Waals surface area contributed by atoms with Crippen LogP contribution in [0.4, 0.5) is 17.1 Å². The van der Waals surface area contributed by atoms with E-state index in [1.807, 2.05) is 30.5 Å². The summed E-state index contributed by atoms with van der Waals surface area (Å²) in [6.45, 7) is 4.49. The van der Waals surface area contributed by atoms with E-state index >= 15 is 0 Å². The van der Waals surface area contributed by atoms with E-state index in [0.717, 1.165) is 32.8 Å². The minimum Gasteiger partial charge on any atom is -0.309 e. The summed E-state index contributed by atoms with van der Waals surface area (Å²) in [5.41, 5.74) is 8.71. The van der Waals surface area contributed by atoms with Gasteiger partial charge in [-0.1, -0.05) is 80.6 Å². The van der Waals surface area contributed by atoms with E-state index in [2.05, 4.69) is 79.4 Å². The molecule has 6 aromatic rings. The predicted molar refractivity (Wildman–Crippen MR) is 175 cm³/mol. The van der Waals surface area contributed by atoms with Crippen molar-refractivity contribution < 1.29 is 9.59 Å². The Morgan fingerprint density at radius 2 is 1.37 bits per heavy atom. The fourth-order valence-electron chi connectivity index (χ4n) is 6.43. The second-order valence-corrected chi connectivity index (χ2v) is 12.6. The molecule has 2 heterocycles. The minimum absolute atomic E-state index is 0.192. The highest BCUT2D eigenvalue weighted by Gasteiger charge is 2.39. The normalized spacial score (nSPS) is 14.5. The van der Waals surface area contributed by atoms with Gasteiger partial charge in [-0.05, 0) is 65.2 Å². The number of benzene rings is 4. The molecular weight excluding hydrogens is 548 g/mol. The monoisotopic (exact) mass is 574 g/mol. The van der Waals surface area contributed by atoms with E-state index in [-0.39, 0.29) is 22.6 Å². The maximum atomic E-state index is 13.0. The molecule has 0 amide bonds. The predicted octanol–water partition coefficient (Wildman–Crippen LogP) is 9.53. The lowest BCUT2D eigenvalue weighted by Crippen LogP contribution is -2.16. The van der Waals surface area contributed by atoms with E-state index in [9.17, 15) is 9.59 Å². The van der Waals surface area contributed by atoms with Gasteiger partial charge in [-0.3, -0.25) is 14.6 Å². The van der Waals surface area contributed by atoms with Crippen LogP contribution in [0, 0.1) is 0 Å². The van der Waals surface area contributed by atoms with Gasteiger partial charge in [0.05, 0.1) is 23.0 Å². The molecule has 0 bridgehead atoms. The van der Waals surface area contributed by atoms with Gasteiger partial charge in [0, 0.05) is 43.1 Å². The van der Waals surface area contributed by atoms with Crippen molar-refractivity contribution in [1.29, 1.82) is 0 Å². The number of hydrogen-bond acceptors (Lipinski definition) is 5. The van der Waals surface area contributed by atoms with Crippen molar-refractivity contribution in [3.05, 3.63) is 148 Å². The molecule has 0 fully saturated rings. The average molecular weight is 575 g/mol. The highest BCUT2D eigenvalue weighted by molar-refractivity contribution is 7.16. The summed E-state index contributed by atoms with van der Waals surface area (Å²) in [6, 6.07) is 36.6. The van der Waals surface area contributed by atoms with Crippen molar-refractivity contribution >= 4 is 56.9 Å². The van der Waals surface area contributed by atoms with Crippen molar-refractivity contribution in [2.24, 2.45) is 0 Å². The highest BCUT2D eigenvalue weighted by atomic mass is 32.1. The van der Waals surface area contributed by atoms with Crippen LogP contribution in [-0.4, -0.2) is 16.6 Å². The Hall–Kier alpha value is -5.13. The fraction of sp³-hybridized carbons (Fsp3) is 0.0789. The van der Waals surface area contributed by atoms with Crippen LogP contribution in [0.3, 0.4) is 0 Å². The Morgan fingerprint density at radius 1 is 0.674 bits per heavy atom. The van der Waals surface area contributed by atoms with Gasteiger partial charge in [-0.2, -0.15) is 0 Å². The summed E-state index contributed by atoms with van der Waals surface area (Å²) in [5.74, 6) is -0.384. The number of rotatable bonds is 4. The van der Waals surface area contributed by atoms with Crippen LogP contribution >= 0.6 is 11.3 Å². The van der Waals surface area contributed by atoms with Crippen LogP contribution in [0.2, 0.25) is 0 Å². The molecule has 2 aliphatic rings. The number of pyridine rings is 1. The Morgan fingerprint density at radius 3 is 2.14 bits per heavy atom. The lowest BCUT2D eigenvalue weighted by atomic mass is 9.82. The molecule has 206 valence electrons. The molecule has 2 aromatic heterocycles. The smallest absolute Gasteiger partial charge is 0.197 e. The first-order valence-corrected chi connectivity index (χ1v) is 15.1. The largest absolute Gasteiger partial charge is 0.309 e. The number of hydrogen-bond donors (Lipinski definition) is 0. The first kappa shape index (κ1) is 25.6. The molecule has 8 rings (SSSR count). The molecule has 43 heavy (non-hydrogen) atoms. The van der Waals surface area contributed by atoms with E-state index in [0.29, 0.717) is 11.1 Å². The van der Waals surface area contributed by atoms with Crippen LogP contribution in [0.1, 0.15) is 50.6 Å². The molecule has 0 N–H and O–H groups in total. The number of anilines is 3. The first-order valence-electron chi connectivity index (χ1n) is 14.3. The molecule has 0 radical (unpaired) electrons. The summed E-state index contributed by atoms with van der Waals surface area (Å²) in [4.78, 5) is 35.2. The second kappa shape index (κ2) is 9.45. The lowest BCUT2D eigenvalue weighted by Gasteiger charge is -2.28. The molecule has 4 aromatic carbocycles.